The molecule has 0 saturated carbocycles. The number of ketones is 1. The fourth-order valence-electron chi connectivity index (χ4n) is 2.82. The molecule has 0 unspecified atom stereocenters. The predicted molar refractivity (Wildman–Crippen MR) is 112 cm³/mol. The molecular weight excluding hydrogens is 380 g/mol. The highest BCUT2D eigenvalue weighted by atomic mass is 35.5. The van der Waals surface area contributed by atoms with Crippen LogP contribution in [0.5, 0.6) is 0 Å². The van der Waals surface area contributed by atoms with Crippen LogP contribution < -0.4 is 5.56 Å². The topological polar surface area (TPSA) is 52.0 Å². The van der Waals surface area contributed by atoms with Crippen LogP contribution in [0.25, 0.3) is 10.9 Å². The van der Waals surface area contributed by atoms with Crippen LogP contribution in [-0.2, 0) is 6.54 Å². The van der Waals surface area contributed by atoms with Crippen LogP contribution in [0.2, 0.25) is 5.02 Å². The van der Waals surface area contributed by atoms with E-state index in [0.29, 0.717) is 33.2 Å². The Labute approximate surface area is 166 Å². The number of aryl methyl sites for hydroxylation is 2. The Kier molecular flexibility index (Phi) is 5.82. The predicted octanol–water partition coefficient (Wildman–Crippen LogP) is 4.83. The van der Waals surface area contributed by atoms with Gasteiger partial charge in [0, 0.05) is 17.1 Å². The van der Waals surface area contributed by atoms with E-state index in [0.717, 1.165) is 11.1 Å². The highest BCUT2D eigenvalue weighted by molar-refractivity contribution is 7.99. The van der Waals surface area contributed by atoms with E-state index in [4.69, 9.17) is 11.6 Å². The Bertz CT molecular complexity index is 1110. The third-order valence-corrected chi connectivity index (χ3v) is 5.43. The van der Waals surface area contributed by atoms with Crippen molar-refractivity contribution in [2.75, 3.05) is 5.75 Å². The van der Waals surface area contributed by atoms with Crippen LogP contribution in [0.4, 0.5) is 0 Å². The van der Waals surface area contributed by atoms with Gasteiger partial charge in [-0.1, -0.05) is 47.1 Å². The second-order valence-corrected chi connectivity index (χ2v) is 7.67. The van der Waals surface area contributed by atoms with E-state index in [1.165, 1.54) is 16.3 Å². The van der Waals surface area contributed by atoms with Crippen molar-refractivity contribution in [3.63, 3.8) is 0 Å². The van der Waals surface area contributed by atoms with Crippen molar-refractivity contribution in [2.45, 2.75) is 25.5 Å². The molecule has 0 fully saturated rings. The number of Topliss-reactive ketones (excluding diaryl/α,β-unsaturated/α-hetero) is 1. The molecule has 2 aromatic carbocycles. The second-order valence-electron chi connectivity index (χ2n) is 6.29. The first-order valence-electron chi connectivity index (χ1n) is 8.45. The lowest BCUT2D eigenvalue weighted by molar-refractivity contribution is 0.102. The van der Waals surface area contributed by atoms with Gasteiger partial charge in [0.25, 0.3) is 5.56 Å². The number of fused-ring (bicyclic) bond motifs is 1. The van der Waals surface area contributed by atoms with E-state index in [1.54, 1.807) is 24.3 Å². The molecule has 3 rings (SSSR count). The number of carbonyl (C=O) groups excluding carboxylic acids is 1. The summed E-state index contributed by atoms with van der Waals surface area (Å²) in [5.41, 5.74) is 3.05. The summed E-state index contributed by atoms with van der Waals surface area (Å²) >= 11 is 7.27. The fourth-order valence-corrected chi connectivity index (χ4v) is 3.88. The summed E-state index contributed by atoms with van der Waals surface area (Å²) in [6.45, 7) is 7.90. The lowest BCUT2D eigenvalue weighted by Gasteiger charge is -2.12. The van der Waals surface area contributed by atoms with Crippen LogP contribution in [0.3, 0.4) is 0 Å². The lowest BCUT2D eigenvalue weighted by Crippen LogP contribution is -2.23. The van der Waals surface area contributed by atoms with Gasteiger partial charge in [-0.3, -0.25) is 14.2 Å². The minimum atomic E-state index is -0.191. The SMILES string of the molecule is C=CCn1c(SCC(=O)c2cc(C)ccc2C)nc2ccc(Cl)cc2c1=O. The Morgan fingerprint density at radius 1 is 1.26 bits per heavy atom. The summed E-state index contributed by atoms with van der Waals surface area (Å²) in [6, 6.07) is 10.8. The number of carbonyl (C=O) groups is 1. The first-order chi connectivity index (χ1) is 12.9. The summed E-state index contributed by atoms with van der Waals surface area (Å²) < 4.78 is 1.52. The molecule has 0 aliphatic carbocycles. The van der Waals surface area contributed by atoms with E-state index in [1.807, 2.05) is 32.0 Å². The van der Waals surface area contributed by atoms with Crippen LogP contribution >= 0.6 is 23.4 Å². The molecule has 27 heavy (non-hydrogen) atoms. The third kappa shape index (κ3) is 4.15. The molecule has 0 N–H and O–H groups in total. The average molecular weight is 399 g/mol. The smallest absolute Gasteiger partial charge is 0.262 e. The highest BCUT2D eigenvalue weighted by Gasteiger charge is 2.15. The molecule has 4 nitrogen and oxygen atoms in total. The van der Waals surface area contributed by atoms with Gasteiger partial charge >= 0.3 is 0 Å². The molecule has 0 saturated heterocycles. The van der Waals surface area contributed by atoms with Crippen molar-refractivity contribution in [1.29, 1.82) is 0 Å². The van der Waals surface area contributed by atoms with E-state index in [-0.39, 0.29) is 17.1 Å². The molecule has 0 radical (unpaired) electrons. The molecule has 6 heteroatoms. The standard InChI is InChI=1S/C21H19ClN2O2S/c1-4-9-24-20(26)17-11-15(22)7-8-18(17)23-21(24)27-12-19(25)16-10-13(2)5-6-14(16)3/h4-8,10-11H,1,9,12H2,2-3H3. The van der Waals surface area contributed by atoms with E-state index in [9.17, 15) is 9.59 Å². The second kappa shape index (κ2) is 8.11. The van der Waals surface area contributed by atoms with Crippen molar-refractivity contribution in [2.24, 2.45) is 0 Å². The van der Waals surface area contributed by atoms with Crippen molar-refractivity contribution in [3.8, 4) is 0 Å². The van der Waals surface area contributed by atoms with E-state index in [2.05, 4.69) is 11.6 Å². The number of benzene rings is 2. The van der Waals surface area contributed by atoms with Crippen molar-refractivity contribution in [3.05, 3.63) is 81.1 Å². The number of rotatable bonds is 6. The first kappa shape index (κ1) is 19.4. The number of nitrogens with zero attached hydrogens (tertiary/aromatic N) is 2. The minimum absolute atomic E-state index is 0.0109. The van der Waals surface area contributed by atoms with Gasteiger partial charge in [-0.05, 0) is 43.7 Å². The molecule has 0 bridgehead atoms. The van der Waals surface area contributed by atoms with Gasteiger partial charge in [-0.2, -0.15) is 0 Å². The fraction of sp³-hybridized carbons (Fsp3) is 0.190. The largest absolute Gasteiger partial charge is 0.293 e. The van der Waals surface area contributed by atoms with Crippen LogP contribution in [0, 0.1) is 13.8 Å². The molecule has 1 heterocycles. The molecule has 0 aliphatic rings. The van der Waals surface area contributed by atoms with Crippen LogP contribution in [0.1, 0.15) is 21.5 Å². The average Bonchev–Trinajstić information content (AvgIpc) is 2.65. The first-order valence-corrected chi connectivity index (χ1v) is 9.81. The molecule has 0 atom stereocenters. The quantitative estimate of drug-likeness (QED) is 0.258. The minimum Gasteiger partial charge on any atom is -0.293 e. The zero-order chi connectivity index (χ0) is 19.6. The molecule has 138 valence electrons. The maximum atomic E-state index is 12.8. The number of hydrogen-bond donors (Lipinski definition) is 0. The Hall–Kier alpha value is -2.37. The molecule has 1 aromatic heterocycles. The van der Waals surface area contributed by atoms with E-state index >= 15 is 0 Å². The number of aromatic nitrogens is 2. The van der Waals surface area contributed by atoms with Crippen molar-refractivity contribution in [1.82, 2.24) is 9.55 Å². The number of halogens is 1. The van der Waals surface area contributed by atoms with Gasteiger partial charge in [-0.15, -0.1) is 6.58 Å². The van der Waals surface area contributed by atoms with Gasteiger partial charge in [0.15, 0.2) is 10.9 Å². The summed E-state index contributed by atoms with van der Waals surface area (Å²) in [7, 11) is 0. The zero-order valence-corrected chi connectivity index (χ0v) is 16.7. The van der Waals surface area contributed by atoms with Gasteiger partial charge < -0.3 is 0 Å². The maximum Gasteiger partial charge on any atom is 0.262 e. The molecule has 0 aliphatic heterocycles. The van der Waals surface area contributed by atoms with Crippen LogP contribution in [0.15, 0.2) is 59.0 Å². The zero-order valence-electron chi connectivity index (χ0n) is 15.2. The molecule has 3 aromatic rings. The molecule has 0 spiro atoms. The number of allylic oxidation sites excluding steroid dienone is 1. The molecule has 0 amide bonds. The lowest BCUT2D eigenvalue weighted by atomic mass is 10.0. The van der Waals surface area contributed by atoms with Crippen LogP contribution in [-0.4, -0.2) is 21.1 Å². The van der Waals surface area contributed by atoms with Gasteiger partial charge in [0.2, 0.25) is 0 Å². The third-order valence-electron chi connectivity index (χ3n) is 4.22. The molecular formula is C21H19ClN2O2S. The Morgan fingerprint density at radius 3 is 2.78 bits per heavy atom. The van der Waals surface area contributed by atoms with Gasteiger partial charge in [-0.25, -0.2) is 4.98 Å². The Balaban J connectivity index is 1.96. The maximum absolute atomic E-state index is 12.8. The summed E-state index contributed by atoms with van der Waals surface area (Å²) in [5.74, 6) is 0.212. The van der Waals surface area contributed by atoms with Crippen molar-refractivity contribution < 1.29 is 4.79 Å². The number of thioether (sulfide) groups is 1. The van der Waals surface area contributed by atoms with Crippen molar-refractivity contribution >= 4 is 40.0 Å². The van der Waals surface area contributed by atoms with Gasteiger partial charge in [0.1, 0.15) is 0 Å². The monoisotopic (exact) mass is 398 g/mol. The van der Waals surface area contributed by atoms with Gasteiger partial charge in [0.05, 0.1) is 16.7 Å². The summed E-state index contributed by atoms with van der Waals surface area (Å²) in [5, 5.41) is 1.43. The van der Waals surface area contributed by atoms with E-state index < -0.39 is 0 Å². The highest BCUT2D eigenvalue weighted by Crippen LogP contribution is 2.22. The summed E-state index contributed by atoms with van der Waals surface area (Å²) in [6.07, 6.45) is 1.63. The normalized spacial score (nSPS) is 10.9. The Morgan fingerprint density at radius 2 is 2.04 bits per heavy atom. The summed E-state index contributed by atoms with van der Waals surface area (Å²) in [4.78, 5) is 30.1. The number of hydrogen-bond acceptors (Lipinski definition) is 4.